The molecule has 22 heavy (non-hydrogen) atoms. The van der Waals surface area contributed by atoms with Gasteiger partial charge < -0.3 is 25.0 Å². The number of nitrogens with zero attached hydrogens (tertiary/aromatic N) is 2. The quantitative estimate of drug-likeness (QED) is 0.450. The van der Waals surface area contributed by atoms with Crippen LogP contribution in [0.5, 0.6) is 0 Å². The van der Waals surface area contributed by atoms with Crippen LogP contribution in [-0.2, 0) is 14.3 Å². The number of amides is 1. The second-order valence-corrected chi connectivity index (χ2v) is 5.38. The third-order valence-electron chi connectivity index (χ3n) is 3.74. The molecule has 0 bridgehead atoms. The lowest BCUT2D eigenvalue weighted by Gasteiger charge is -2.33. The Morgan fingerprint density at radius 2 is 1.64 bits per heavy atom. The first kappa shape index (κ1) is 19.3. The monoisotopic (exact) mass is 316 g/mol. The summed E-state index contributed by atoms with van der Waals surface area (Å²) in [7, 11) is 1.75. The molecule has 1 rings (SSSR count). The fourth-order valence-electron chi connectivity index (χ4n) is 2.33. The molecule has 0 aliphatic carbocycles. The average molecular weight is 316 g/mol. The van der Waals surface area contributed by atoms with Crippen molar-refractivity contribution in [3.8, 4) is 0 Å². The lowest BCUT2D eigenvalue weighted by atomic mass is 10.3. The van der Waals surface area contributed by atoms with Crippen molar-refractivity contribution in [3.05, 3.63) is 0 Å². The SMILES string of the molecule is CCN1CCN(CCOCCOCCNC(=O)CNC)CC1. The van der Waals surface area contributed by atoms with Gasteiger partial charge in [0.05, 0.1) is 33.0 Å². The van der Waals surface area contributed by atoms with Crippen molar-refractivity contribution in [1.82, 2.24) is 20.4 Å². The molecule has 1 saturated heterocycles. The molecular weight excluding hydrogens is 284 g/mol. The van der Waals surface area contributed by atoms with E-state index in [0.29, 0.717) is 32.9 Å². The summed E-state index contributed by atoms with van der Waals surface area (Å²) in [6.45, 7) is 12.3. The van der Waals surface area contributed by atoms with Crippen molar-refractivity contribution >= 4 is 5.91 Å². The van der Waals surface area contributed by atoms with Gasteiger partial charge >= 0.3 is 0 Å². The Bertz CT molecular complexity index is 284. The highest BCUT2D eigenvalue weighted by atomic mass is 16.5. The Hall–Kier alpha value is -0.730. The predicted molar refractivity (Wildman–Crippen MR) is 87.1 cm³/mol. The van der Waals surface area contributed by atoms with Gasteiger partial charge in [-0.2, -0.15) is 0 Å². The van der Waals surface area contributed by atoms with Gasteiger partial charge in [-0.15, -0.1) is 0 Å². The third kappa shape index (κ3) is 9.32. The zero-order valence-electron chi connectivity index (χ0n) is 14.1. The van der Waals surface area contributed by atoms with Gasteiger partial charge in [0.25, 0.3) is 0 Å². The van der Waals surface area contributed by atoms with Crippen LogP contribution in [0.3, 0.4) is 0 Å². The molecule has 1 aliphatic rings. The summed E-state index contributed by atoms with van der Waals surface area (Å²) in [5.74, 6) is -0.00878. The zero-order valence-corrected chi connectivity index (χ0v) is 14.1. The summed E-state index contributed by atoms with van der Waals surface area (Å²) in [6.07, 6.45) is 0. The molecule has 0 aromatic carbocycles. The van der Waals surface area contributed by atoms with Crippen LogP contribution in [0, 0.1) is 0 Å². The summed E-state index contributed by atoms with van der Waals surface area (Å²) in [6, 6.07) is 0. The summed E-state index contributed by atoms with van der Waals surface area (Å²) in [5.41, 5.74) is 0. The number of likely N-dealkylation sites (N-methyl/N-ethyl adjacent to an activating group) is 2. The van der Waals surface area contributed by atoms with E-state index in [1.807, 2.05) is 0 Å². The molecule has 0 spiro atoms. The first-order valence-electron chi connectivity index (χ1n) is 8.27. The van der Waals surface area contributed by atoms with Gasteiger partial charge in [-0.05, 0) is 13.6 Å². The van der Waals surface area contributed by atoms with E-state index in [4.69, 9.17) is 9.47 Å². The van der Waals surface area contributed by atoms with Crippen molar-refractivity contribution in [1.29, 1.82) is 0 Å². The van der Waals surface area contributed by atoms with Gasteiger partial charge in [-0.3, -0.25) is 9.69 Å². The maximum atomic E-state index is 11.1. The van der Waals surface area contributed by atoms with Crippen LogP contribution in [0.4, 0.5) is 0 Å². The summed E-state index contributed by atoms with van der Waals surface area (Å²) in [5, 5.41) is 5.55. The van der Waals surface area contributed by atoms with E-state index in [1.54, 1.807) is 7.05 Å². The van der Waals surface area contributed by atoms with Gasteiger partial charge in [0.15, 0.2) is 0 Å². The standard InChI is InChI=1S/C15H32N4O3/c1-3-18-5-7-19(8-6-18)9-11-22-13-12-21-10-4-17-15(20)14-16-2/h16H,3-14H2,1-2H3,(H,17,20). The molecule has 7 nitrogen and oxygen atoms in total. The Morgan fingerprint density at radius 3 is 2.27 bits per heavy atom. The molecule has 1 fully saturated rings. The van der Waals surface area contributed by atoms with Crippen LogP contribution in [0.2, 0.25) is 0 Å². The molecule has 1 amide bonds. The lowest BCUT2D eigenvalue weighted by molar-refractivity contribution is -0.120. The number of piperazine rings is 1. The van der Waals surface area contributed by atoms with Gasteiger partial charge in [0, 0.05) is 39.3 Å². The molecule has 0 saturated carbocycles. The molecule has 2 N–H and O–H groups in total. The third-order valence-corrected chi connectivity index (χ3v) is 3.74. The van der Waals surface area contributed by atoms with Gasteiger partial charge in [-0.1, -0.05) is 6.92 Å². The number of hydrogen-bond acceptors (Lipinski definition) is 6. The maximum absolute atomic E-state index is 11.1. The van der Waals surface area contributed by atoms with Crippen LogP contribution in [0.15, 0.2) is 0 Å². The summed E-state index contributed by atoms with van der Waals surface area (Å²) < 4.78 is 11.0. The number of hydrogen-bond donors (Lipinski definition) is 2. The second-order valence-electron chi connectivity index (χ2n) is 5.38. The van der Waals surface area contributed by atoms with E-state index in [1.165, 1.54) is 13.1 Å². The zero-order chi connectivity index (χ0) is 16.0. The fourth-order valence-corrected chi connectivity index (χ4v) is 2.33. The van der Waals surface area contributed by atoms with E-state index in [2.05, 4.69) is 27.4 Å². The molecule has 0 unspecified atom stereocenters. The Morgan fingerprint density at radius 1 is 1.00 bits per heavy atom. The van der Waals surface area contributed by atoms with Crippen LogP contribution < -0.4 is 10.6 Å². The molecule has 0 atom stereocenters. The van der Waals surface area contributed by atoms with Gasteiger partial charge in [-0.25, -0.2) is 0 Å². The minimum Gasteiger partial charge on any atom is -0.378 e. The van der Waals surface area contributed by atoms with E-state index in [-0.39, 0.29) is 5.91 Å². The number of nitrogens with one attached hydrogen (secondary N) is 2. The van der Waals surface area contributed by atoms with E-state index < -0.39 is 0 Å². The largest absolute Gasteiger partial charge is 0.378 e. The minimum atomic E-state index is -0.00878. The van der Waals surface area contributed by atoms with Crippen LogP contribution in [-0.4, -0.2) is 102 Å². The fraction of sp³-hybridized carbons (Fsp3) is 0.933. The van der Waals surface area contributed by atoms with Crippen LogP contribution >= 0.6 is 0 Å². The van der Waals surface area contributed by atoms with Crippen molar-refractivity contribution in [2.45, 2.75) is 6.92 Å². The van der Waals surface area contributed by atoms with Crippen LogP contribution in [0.25, 0.3) is 0 Å². The molecule has 0 radical (unpaired) electrons. The smallest absolute Gasteiger partial charge is 0.234 e. The Kier molecular flexibility index (Phi) is 11.2. The van der Waals surface area contributed by atoms with Crippen molar-refractivity contribution in [3.63, 3.8) is 0 Å². The Labute approximate surface area is 134 Å². The number of carbonyl (C=O) groups excluding carboxylic acids is 1. The van der Waals surface area contributed by atoms with E-state index >= 15 is 0 Å². The highest BCUT2D eigenvalue weighted by Gasteiger charge is 2.14. The first-order valence-corrected chi connectivity index (χ1v) is 8.27. The molecule has 7 heteroatoms. The molecule has 1 heterocycles. The average Bonchev–Trinajstić information content (AvgIpc) is 2.54. The topological polar surface area (TPSA) is 66.1 Å². The Balaban J connectivity index is 1.81. The molecule has 0 aromatic heterocycles. The van der Waals surface area contributed by atoms with Crippen molar-refractivity contribution < 1.29 is 14.3 Å². The van der Waals surface area contributed by atoms with Crippen LogP contribution in [0.1, 0.15) is 6.92 Å². The number of ether oxygens (including phenoxy) is 2. The molecular formula is C15H32N4O3. The molecule has 130 valence electrons. The first-order chi connectivity index (χ1) is 10.8. The number of carbonyl (C=O) groups is 1. The van der Waals surface area contributed by atoms with Crippen molar-refractivity contribution in [2.24, 2.45) is 0 Å². The van der Waals surface area contributed by atoms with E-state index in [9.17, 15) is 4.79 Å². The van der Waals surface area contributed by atoms with Gasteiger partial charge in [0.2, 0.25) is 5.91 Å². The highest BCUT2D eigenvalue weighted by Crippen LogP contribution is 2.00. The minimum absolute atomic E-state index is 0.00878. The normalized spacial score (nSPS) is 16.8. The number of rotatable bonds is 12. The van der Waals surface area contributed by atoms with E-state index in [0.717, 1.165) is 32.8 Å². The highest BCUT2D eigenvalue weighted by molar-refractivity contribution is 5.77. The van der Waals surface area contributed by atoms with Crippen molar-refractivity contribution in [2.75, 3.05) is 85.8 Å². The van der Waals surface area contributed by atoms with Gasteiger partial charge in [0.1, 0.15) is 0 Å². The maximum Gasteiger partial charge on any atom is 0.234 e. The lowest BCUT2D eigenvalue weighted by Crippen LogP contribution is -2.47. The predicted octanol–water partition coefficient (Wildman–Crippen LogP) is -1.01. The summed E-state index contributed by atoms with van der Waals surface area (Å²) in [4.78, 5) is 16.1. The second kappa shape index (κ2) is 12.8. The molecule has 1 aliphatic heterocycles. The summed E-state index contributed by atoms with van der Waals surface area (Å²) >= 11 is 0. The molecule has 0 aromatic rings.